The van der Waals surface area contributed by atoms with Gasteiger partial charge in [-0.15, -0.1) is 0 Å². The summed E-state index contributed by atoms with van der Waals surface area (Å²) in [4.78, 5) is 0. The Morgan fingerprint density at radius 1 is 1.24 bits per heavy atom. The van der Waals surface area contributed by atoms with Crippen molar-refractivity contribution in [3.05, 3.63) is 46.5 Å². The smallest absolute Gasteiger partial charge is 0.231 e. The van der Waals surface area contributed by atoms with Crippen LogP contribution in [-0.2, 0) is 6.54 Å². The van der Waals surface area contributed by atoms with E-state index in [2.05, 4.69) is 5.32 Å². The Balaban J connectivity index is 1.81. The zero-order valence-electron chi connectivity index (χ0n) is 11.9. The van der Waals surface area contributed by atoms with Crippen molar-refractivity contribution in [1.82, 2.24) is 0 Å². The molecule has 1 aliphatic heterocycles. The predicted molar refractivity (Wildman–Crippen MR) is 82.6 cm³/mol. The van der Waals surface area contributed by atoms with E-state index in [-0.39, 0.29) is 6.79 Å². The third kappa shape index (κ3) is 2.85. The molecule has 0 aromatic heterocycles. The molecule has 1 aliphatic rings. The Kier molecular flexibility index (Phi) is 3.80. The van der Waals surface area contributed by atoms with Gasteiger partial charge in [-0.2, -0.15) is 0 Å². The molecule has 0 spiro atoms. The van der Waals surface area contributed by atoms with Crippen LogP contribution in [0.2, 0.25) is 5.02 Å². The third-order valence-corrected chi connectivity index (χ3v) is 3.65. The number of aryl methyl sites for hydroxylation is 1. The minimum absolute atomic E-state index is 0.228. The van der Waals surface area contributed by atoms with E-state index in [1.54, 1.807) is 7.11 Å². The van der Waals surface area contributed by atoms with Crippen LogP contribution in [0.3, 0.4) is 0 Å². The van der Waals surface area contributed by atoms with Crippen LogP contribution in [0, 0.1) is 6.92 Å². The average Bonchev–Trinajstić information content (AvgIpc) is 2.95. The molecule has 1 N–H and O–H groups in total. The summed E-state index contributed by atoms with van der Waals surface area (Å²) in [5, 5.41) is 4.03. The molecule has 1 heterocycles. The minimum Gasteiger partial charge on any atom is -0.493 e. The van der Waals surface area contributed by atoms with Gasteiger partial charge in [0.25, 0.3) is 0 Å². The van der Waals surface area contributed by atoms with Gasteiger partial charge in [-0.3, -0.25) is 0 Å². The van der Waals surface area contributed by atoms with E-state index in [1.165, 1.54) is 0 Å². The average molecular weight is 306 g/mol. The number of methoxy groups -OCH3 is 1. The van der Waals surface area contributed by atoms with Crippen LogP contribution < -0.4 is 19.5 Å². The maximum atomic E-state index is 6.18. The molecule has 2 aromatic rings. The van der Waals surface area contributed by atoms with Crippen LogP contribution in [0.15, 0.2) is 30.3 Å². The van der Waals surface area contributed by atoms with Gasteiger partial charge in [0.2, 0.25) is 12.5 Å². The van der Waals surface area contributed by atoms with Gasteiger partial charge in [0.15, 0.2) is 11.5 Å². The van der Waals surface area contributed by atoms with E-state index >= 15 is 0 Å². The summed E-state index contributed by atoms with van der Waals surface area (Å²) in [5.74, 6) is 2.05. The fraction of sp³-hybridized carbons (Fsp3) is 0.250. The van der Waals surface area contributed by atoms with Crippen molar-refractivity contribution in [2.24, 2.45) is 0 Å². The Bertz CT molecular complexity index is 673. The number of hydrogen-bond donors (Lipinski definition) is 1. The molecule has 0 saturated carbocycles. The standard InChI is InChI=1S/C16H16ClNO3/c1-10-3-4-12(17)13(5-10)18-8-11-6-14(19-2)16-15(7-11)20-9-21-16/h3-7,18H,8-9H2,1-2H3. The first-order valence-corrected chi connectivity index (χ1v) is 7.01. The molecule has 5 heteroatoms. The summed E-state index contributed by atoms with van der Waals surface area (Å²) in [6.07, 6.45) is 0. The lowest BCUT2D eigenvalue weighted by Gasteiger charge is -2.11. The van der Waals surface area contributed by atoms with Crippen molar-refractivity contribution in [2.75, 3.05) is 19.2 Å². The summed E-state index contributed by atoms with van der Waals surface area (Å²) >= 11 is 6.18. The molecule has 0 radical (unpaired) electrons. The highest BCUT2D eigenvalue weighted by Crippen LogP contribution is 2.42. The van der Waals surface area contributed by atoms with E-state index in [9.17, 15) is 0 Å². The minimum atomic E-state index is 0.228. The van der Waals surface area contributed by atoms with Gasteiger partial charge in [0, 0.05) is 6.54 Å². The fourth-order valence-corrected chi connectivity index (χ4v) is 2.44. The van der Waals surface area contributed by atoms with Crippen molar-refractivity contribution >= 4 is 17.3 Å². The molecule has 0 saturated heterocycles. The first-order valence-electron chi connectivity index (χ1n) is 6.64. The van der Waals surface area contributed by atoms with Crippen molar-refractivity contribution < 1.29 is 14.2 Å². The molecule has 0 aliphatic carbocycles. The van der Waals surface area contributed by atoms with Gasteiger partial charge in [-0.05, 0) is 42.3 Å². The monoisotopic (exact) mass is 305 g/mol. The lowest BCUT2D eigenvalue weighted by molar-refractivity contribution is 0.171. The van der Waals surface area contributed by atoms with Gasteiger partial charge in [-0.25, -0.2) is 0 Å². The molecule has 3 rings (SSSR count). The van der Waals surface area contributed by atoms with Gasteiger partial charge >= 0.3 is 0 Å². The molecule has 0 bridgehead atoms. The second-order valence-electron chi connectivity index (χ2n) is 4.87. The van der Waals surface area contributed by atoms with Gasteiger partial charge < -0.3 is 19.5 Å². The number of anilines is 1. The van der Waals surface area contributed by atoms with Crippen LogP contribution in [-0.4, -0.2) is 13.9 Å². The Hall–Kier alpha value is -2.07. The molecule has 110 valence electrons. The van der Waals surface area contributed by atoms with Crippen LogP contribution in [0.25, 0.3) is 0 Å². The summed E-state index contributed by atoms with van der Waals surface area (Å²) in [6, 6.07) is 9.77. The molecular weight excluding hydrogens is 290 g/mol. The Labute approximate surface area is 128 Å². The maximum absolute atomic E-state index is 6.18. The zero-order valence-corrected chi connectivity index (χ0v) is 12.7. The van der Waals surface area contributed by atoms with E-state index in [0.29, 0.717) is 28.8 Å². The molecule has 4 nitrogen and oxygen atoms in total. The number of nitrogens with one attached hydrogen (secondary N) is 1. The third-order valence-electron chi connectivity index (χ3n) is 3.32. The molecular formula is C16H16ClNO3. The highest BCUT2D eigenvalue weighted by atomic mass is 35.5. The van der Waals surface area contributed by atoms with Crippen molar-refractivity contribution in [3.63, 3.8) is 0 Å². The van der Waals surface area contributed by atoms with E-state index in [4.69, 9.17) is 25.8 Å². The highest BCUT2D eigenvalue weighted by Gasteiger charge is 2.19. The SMILES string of the molecule is COc1cc(CNc2cc(C)ccc2Cl)cc2c1OCO2. The van der Waals surface area contributed by atoms with Crippen molar-refractivity contribution in [1.29, 1.82) is 0 Å². The fourth-order valence-electron chi connectivity index (χ4n) is 2.26. The number of benzene rings is 2. The molecule has 0 amide bonds. The lowest BCUT2D eigenvalue weighted by Crippen LogP contribution is -2.01. The first kappa shape index (κ1) is 13.9. The maximum Gasteiger partial charge on any atom is 0.231 e. The number of hydrogen-bond acceptors (Lipinski definition) is 4. The Morgan fingerprint density at radius 2 is 2.10 bits per heavy atom. The number of ether oxygens (including phenoxy) is 3. The molecule has 0 fully saturated rings. The first-order chi connectivity index (χ1) is 10.2. The van der Waals surface area contributed by atoms with Crippen LogP contribution in [0.5, 0.6) is 17.2 Å². The summed E-state index contributed by atoms with van der Waals surface area (Å²) in [7, 11) is 1.62. The predicted octanol–water partition coefficient (Wildman–Crippen LogP) is 4.00. The van der Waals surface area contributed by atoms with E-state index in [0.717, 1.165) is 16.8 Å². The molecule has 0 unspecified atom stereocenters. The second kappa shape index (κ2) is 5.74. The number of fused-ring (bicyclic) bond motifs is 1. The van der Waals surface area contributed by atoms with Gasteiger partial charge in [-0.1, -0.05) is 17.7 Å². The number of halogens is 1. The quantitative estimate of drug-likeness (QED) is 0.927. The van der Waals surface area contributed by atoms with Gasteiger partial charge in [0.05, 0.1) is 17.8 Å². The van der Waals surface area contributed by atoms with Crippen LogP contribution >= 0.6 is 11.6 Å². The number of rotatable bonds is 4. The zero-order chi connectivity index (χ0) is 14.8. The normalized spacial score (nSPS) is 12.3. The van der Waals surface area contributed by atoms with Crippen LogP contribution in [0.4, 0.5) is 5.69 Å². The summed E-state index contributed by atoms with van der Waals surface area (Å²) in [6.45, 7) is 2.88. The second-order valence-corrected chi connectivity index (χ2v) is 5.28. The highest BCUT2D eigenvalue weighted by molar-refractivity contribution is 6.33. The van der Waals surface area contributed by atoms with Gasteiger partial charge in [0.1, 0.15) is 0 Å². The van der Waals surface area contributed by atoms with E-state index < -0.39 is 0 Å². The molecule has 2 aromatic carbocycles. The Morgan fingerprint density at radius 3 is 2.90 bits per heavy atom. The summed E-state index contributed by atoms with van der Waals surface area (Å²) in [5.41, 5.74) is 3.10. The lowest BCUT2D eigenvalue weighted by atomic mass is 10.1. The molecule has 0 atom stereocenters. The summed E-state index contributed by atoms with van der Waals surface area (Å²) < 4.78 is 16.1. The topological polar surface area (TPSA) is 39.7 Å². The van der Waals surface area contributed by atoms with E-state index in [1.807, 2.05) is 37.3 Å². The van der Waals surface area contributed by atoms with Crippen LogP contribution in [0.1, 0.15) is 11.1 Å². The largest absolute Gasteiger partial charge is 0.493 e. The molecule has 21 heavy (non-hydrogen) atoms. The van der Waals surface area contributed by atoms with Crippen molar-refractivity contribution in [3.8, 4) is 17.2 Å². The van der Waals surface area contributed by atoms with Crippen molar-refractivity contribution in [2.45, 2.75) is 13.5 Å².